The monoisotopic (exact) mass is 273 g/mol. The molecule has 2 aromatic heterocycles. The standard InChI is InChI=1S/C13H19N7/c1-2-3-5-20-13(16-17-18-20)9-19-6-4-11-7-14-10-15-12(11)8-19/h7,10H,2-6,8-9H2,1H3. The van der Waals surface area contributed by atoms with Gasteiger partial charge in [-0.1, -0.05) is 13.3 Å². The lowest BCUT2D eigenvalue weighted by molar-refractivity contribution is 0.230. The largest absolute Gasteiger partial charge is 0.290 e. The number of hydrogen-bond donors (Lipinski definition) is 0. The molecule has 0 amide bonds. The fourth-order valence-electron chi connectivity index (χ4n) is 2.46. The number of aromatic nitrogens is 6. The first-order chi connectivity index (χ1) is 9.86. The van der Waals surface area contributed by atoms with E-state index in [1.165, 1.54) is 5.56 Å². The lowest BCUT2D eigenvalue weighted by atomic mass is 10.1. The van der Waals surface area contributed by atoms with E-state index in [2.05, 4.69) is 37.3 Å². The molecule has 0 unspecified atom stereocenters. The predicted octanol–water partition coefficient (Wildman–Crippen LogP) is 0.821. The molecule has 0 aliphatic carbocycles. The van der Waals surface area contributed by atoms with Crippen LogP contribution in [0, 0.1) is 0 Å². The zero-order valence-electron chi connectivity index (χ0n) is 11.7. The van der Waals surface area contributed by atoms with Crippen molar-refractivity contribution in [2.45, 2.75) is 45.8 Å². The van der Waals surface area contributed by atoms with Gasteiger partial charge in [0.2, 0.25) is 0 Å². The zero-order chi connectivity index (χ0) is 13.8. The summed E-state index contributed by atoms with van der Waals surface area (Å²) < 4.78 is 1.92. The third-order valence-electron chi connectivity index (χ3n) is 3.65. The minimum absolute atomic E-state index is 0.778. The Bertz CT molecular complexity index is 565. The van der Waals surface area contributed by atoms with Gasteiger partial charge >= 0.3 is 0 Å². The van der Waals surface area contributed by atoms with Crippen LogP contribution >= 0.6 is 0 Å². The molecule has 0 bridgehead atoms. The highest BCUT2D eigenvalue weighted by atomic mass is 15.5. The van der Waals surface area contributed by atoms with Crippen LogP contribution in [0.2, 0.25) is 0 Å². The molecule has 20 heavy (non-hydrogen) atoms. The number of nitrogens with zero attached hydrogens (tertiary/aromatic N) is 7. The molecule has 1 aliphatic heterocycles. The minimum Gasteiger partial charge on any atom is -0.290 e. The summed E-state index contributed by atoms with van der Waals surface area (Å²) >= 11 is 0. The van der Waals surface area contributed by atoms with Crippen molar-refractivity contribution >= 4 is 0 Å². The van der Waals surface area contributed by atoms with Crippen LogP contribution in [0.15, 0.2) is 12.5 Å². The molecule has 0 aromatic carbocycles. The molecular weight excluding hydrogens is 254 g/mol. The highest BCUT2D eigenvalue weighted by Gasteiger charge is 2.19. The Hall–Kier alpha value is -1.89. The van der Waals surface area contributed by atoms with Crippen molar-refractivity contribution in [1.82, 2.24) is 35.1 Å². The van der Waals surface area contributed by atoms with Gasteiger partial charge in [-0.15, -0.1) is 5.10 Å². The molecule has 0 N–H and O–H groups in total. The maximum Gasteiger partial charge on any atom is 0.165 e. The van der Waals surface area contributed by atoms with E-state index in [4.69, 9.17) is 0 Å². The highest BCUT2D eigenvalue weighted by molar-refractivity contribution is 5.18. The van der Waals surface area contributed by atoms with E-state index < -0.39 is 0 Å². The predicted molar refractivity (Wildman–Crippen MR) is 72.6 cm³/mol. The molecule has 0 radical (unpaired) electrons. The molecule has 0 saturated heterocycles. The molecule has 0 atom stereocenters. The van der Waals surface area contributed by atoms with Crippen LogP contribution in [0.5, 0.6) is 0 Å². The lowest BCUT2D eigenvalue weighted by Gasteiger charge is -2.26. The molecule has 2 aromatic rings. The molecule has 3 heterocycles. The molecule has 7 nitrogen and oxygen atoms in total. The van der Waals surface area contributed by atoms with Crippen molar-refractivity contribution in [3.63, 3.8) is 0 Å². The Morgan fingerprint density at radius 2 is 2.30 bits per heavy atom. The van der Waals surface area contributed by atoms with Gasteiger partial charge in [-0.05, 0) is 28.8 Å². The molecule has 1 aliphatic rings. The van der Waals surface area contributed by atoms with Crippen molar-refractivity contribution in [1.29, 1.82) is 0 Å². The van der Waals surface area contributed by atoms with E-state index >= 15 is 0 Å². The minimum atomic E-state index is 0.778. The zero-order valence-corrected chi connectivity index (χ0v) is 11.7. The smallest absolute Gasteiger partial charge is 0.165 e. The Morgan fingerprint density at radius 3 is 3.20 bits per heavy atom. The normalized spacial score (nSPS) is 15.2. The molecule has 0 fully saturated rings. The van der Waals surface area contributed by atoms with Crippen molar-refractivity contribution in [3.05, 3.63) is 29.6 Å². The fraction of sp³-hybridized carbons (Fsp3) is 0.615. The molecule has 7 heteroatoms. The topological polar surface area (TPSA) is 72.6 Å². The van der Waals surface area contributed by atoms with Crippen LogP contribution in [-0.4, -0.2) is 41.6 Å². The van der Waals surface area contributed by atoms with Crippen LogP contribution in [0.1, 0.15) is 36.8 Å². The van der Waals surface area contributed by atoms with Gasteiger partial charge in [0.15, 0.2) is 5.82 Å². The van der Waals surface area contributed by atoms with Crippen LogP contribution in [-0.2, 0) is 26.1 Å². The van der Waals surface area contributed by atoms with Gasteiger partial charge in [0, 0.05) is 25.8 Å². The number of unbranched alkanes of at least 4 members (excludes halogenated alkanes) is 1. The highest BCUT2D eigenvalue weighted by Crippen LogP contribution is 2.16. The van der Waals surface area contributed by atoms with Gasteiger partial charge in [0.1, 0.15) is 6.33 Å². The Balaban J connectivity index is 1.66. The van der Waals surface area contributed by atoms with E-state index in [1.54, 1.807) is 6.33 Å². The molecule has 106 valence electrons. The molecule has 3 rings (SSSR count). The summed E-state index contributed by atoms with van der Waals surface area (Å²) in [6, 6.07) is 0. The summed E-state index contributed by atoms with van der Waals surface area (Å²) in [5.41, 5.74) is 2.38. The van der Waals surface area contributed by atoms with E-state index in [0.29, 0.717) is 0 Å². The first kappa shape index (κ1) is 13.1. The maximum atomic E-state index is 4.36. The first-order valence-corrected chi connectivity index (χ1v) is 7.12. The van der Waals surface area contributed by atoms with Gasteiger partial charge < -0.3 is 0 Å². The number of tetrazole rings is 1. The van der Waals surface area contributed by atoms with Gasteiger partial charge in [0.05, 0.1) is 12.2 Å². The van der Waals surface area contributed by atoms with Gasteiger partial charge in [-0.3, -0.25) is 4.90 Å². The molecule has 0 spiro atoms. The van der Waals surface area contributed by atoms with Crippen LogP contribution < -0.4 is 0 Å². The second kappa shape index (κ2) is 6.04. The van der Waals surface area contributed by atoms with Gasteiger partial charge in [0.25, 0.3) is 0 Å². The summed E-state index contributed by atoms with van der Waals surface area (Å²) in [4.78, 5) is 10.8. The Morgan fingerprint density at radius 1 is 1.35 bits per heavy atom. The SMILES string of the molecule is CCCCn1nnnc1CN1CCc2cncnc2C1. The average Bonchev–Trinajstić information content (AvgIpc) is 2.92. The molecular formula is C13H19N7. The van der Waals surface area contributed by atoms with E-state index in [-0.39, 0.29) is 0 Å². The summed E-state index contributed by atoms with van der Waals surface area (Å²) in [7, 11) is 0. The summed E-state index contributed by atoms with van der Waals surface area (Å²) in [5, 5.41) is 12.0. The van der Waals surface area contributed by atoms with Gasteiger partial charge in [-0.25, -0.2) is 14.6 Å². The average molecular weight is 273 g/mol. The number of aryl methyl sites for hydroxylation is 1. The summed E-state index contributed by atoms with van der Waals surface area (Å²) in [5.74, 6) is 0.941. The van der Waals surface area contributed by atoms with Crippen LogP contribution in [0.25, 0.3) is 0 Å². The van der Waals surface area contributed by atoms with E-state index in [1.807, 2.05) is 10.9 Å². The Kier molecular flexibility index (Phi) is 3.96. The van der Waals surface area contributed by atoms with E-state index in [0.717, 1.165) is 57.0 Å². The van der Waals surface area contributed by atoms with Crippen molar-refractivity contribution in [2.75, 3.05) is 6.54 Å². The lowest BCUT2D eigenvalue weighted by Crippen LogP contribution is -2.32. The third kappa shape index (κ3) is 2.82. The second-order valence-electron chi connectivity index (χ2n) is 5.13. The van der Waals surface area contributed by atoms with Crippen molar-refractivity contribution in [2.24, 2.45) is 0 Å². The second-order valence-corrected chi connectivity index (χ2v) is 5.13. The van der Waals surface area contributed by atoms with Crippen molar-refractivity contribution in [3.8, 4) is 0 Å². The van der Waals surface area contributed by atoms with Crippen LogP contribution in [0.3, 0.4) is 0 Å². The van der Waals surface area contributed by atoms with Crippen LogP contribution in [0.4, 0.5) is 0 Å². The summed E-state index contributed by atoms with van der Waals surface area (Å²) in [6.45, 7) is 5.69. The van der Waals surface area contributed by atoms with E-state index in [9.17, 15) is 0 Å². The third-order valence-corrected chi connectivity index (χ3v) is 3.65. The maximum absolute atomic E-state index is 4.36. The number of rotatable bonds is 5. The quantitative estimate of drug-likeness (QED) is 0.803. The summed E-state index contributed by atoms with van der Waals surface area (Å²) in [6.07, 6.45) is 6.78. The van der Waals surface area contributed by atoms with Crippen molar-refractivity contribution < 1.29 is 0 Å². The number of hydrogen-bond acceptors (Lipinski definition) is 6. The Labute approximate surface area is 118 Å². The fourth-order valence-corrected chi connectivity index (χ4v) is 2.46. The first-order valence-electron chi connectivity index (χ1n) is 7.12. The number of fused-ring (bicyclic) bond motifs is 1. The molecule has 0 saturated carbocycles. The van der Waals surface area contributed by atoms with Gasteiger partial charge in [-0.2, -0.15) is 0 Å².